The average molecular weight is 293 g/mol. The molecule has 2 aromatic carbocycles. The maximum atomic E-state index is 12.0. The molecule has 1 amide bonds. The summed E-state index contributed by atoms with van der Waals surface area (Å²) in [5.74, 6) is 0.0427. The average Bonchev–Trinajstić information content (AvgIpc) is 2.89. The third-order valence-corrected chi connectivity index (χ3v) is 3.73. The second kappa shape index (κ2) is 6.43. The summed E-state index contributed by atoms with van der Waals surface area (Å²) in [5.41, 5.74) is 3.19. The van der Waals surface area contributed by atoms with E-state index in [0.29, 0.717) is 19.5 Å². The van der Waals surface area contributed by atoms with Crippen LogP contribution in [0.3, 0.4) is 0 Å². The molecule has 0 bridgehead atoms. The maximum absolute atomic E-state index is 12.0. The van der Waals surface area contributed by atoms with Crippen LogP contribution in [0.4, 0.5) is 0 Å². The van der Waals surface area contributed by atoms with E-state index in [1.165, 1.54) is 0 Å². The summed E-state index contributed by atoms with van der Waals surface area (Å²) in [6.07, 6.45) is 0.429. The monoisotopic (exact) mass is 293 g/mol. The molecule has 0 saturated heterocycles. The number of hydrogen-bond acceptors (Lipinski definition) is 2. The van der Waals surface area contributed by atoms with Crippen LogP contribution in [0.15, 0.2) is 54.6 Å². The lowest BCUT2D eigenvalue weighted by Gasteiger charge is -2.06. The van der Waals surface area contributed by atoms with Gasteiger partial charge in [0, 0.05) is 18.4 Å². The molecule has 0 aliphatic rings. The van der Waals surface area contributed by atoms with Gasteiger partial charge in [-0.15, -0.1) is 0 Å². The number of benzene rings is 2. The van der Waals surface area contributed by atoms with Gasteiger partial charge >= 0.3 is 0 Å². The number of hydrogen-bond donors (Lipinski definition) is 1. The minimum absolute atomic E-state index is 0.0427. The van der Waals surface area contributed by atoms with Gasteiger partial charge in [0.15, 0.2) is 0 Å². The predicted octanol–water partition coefficient (Wildman–Crippen LogP) is 3.05. The van der Waals surface area contributed by atoms with Crippen molar-refractivity contribution in [1.29, 1.82) is 0 Å². The molecular formula is C18H19N3O. The predicted molar refractivity (Wildman–Crippen MR) is 87.4 cm³/mol. The van der Waals surface area contributed by atoms with Crippen molar-refractivity contribution in [2.75, 3.05) is 0 Å². The summed E-state index contributed by atoms with van der Waals surface area (Å²) in [4.78, 5) is 12.0. The van der Waals surface area contributed by atoms with E-state index in [9.17, 15) is 4.79 Å². The lowest BCUT2D eigenvalue weighted by Crippen LogP contribution is -2.24. The van der Waals surface area contributed by atoms with Gasteiger partial charge in [0.25, 0.3) is 0 Å². The first kappa shape index (κ1) is 14.3. The van der Waals surface area contributed by atoms with E-state index in [-0.39, 0.29) is 5.91 Å². The van der Waals surface area contributed by atoms with E-state index in [1.54, 1.807) is 0 Å². The zero-order valence-corrected chi connectivity index (χ0v) is 12.6. The van der Waals surface area contributed by atoms with Crippen LogP contribution in [0, 0.1) is 6.92 Å². The molecule has 0 unspecified atom stereocenters. The van der Waals surface area contributed by atoms with Gasteiger partial charge in [-0.25, -0.2) is 0 Å². The highest BCUT2D eigenvalue weighted by atomic mass is 16.1. The normalized spacial score (nSPS) is 10.8. The number of nitrogens with one attached hydrogen (secondary N) is 1. The van der Waals surface area contributed by atoms with Gasteiger partial charge in [0.1, 0.15) is 0 Å². The van der Waals surface area contributed by atoms with Gasteiger partial charge in [-0.1, -0.05) is 48.5 Å². The molecule has 1 N–H and O–H groups in total. The fourth-order valence-electron chi connectivity index (χ4n) is 2.56. The standard InChI is InChI=1S/C18H19N3O/c1-14-16-9-5-6-10-17(16)21(20-14)12-11-18(22)19-13-15-7-3-2-4-8-15/h2-10H,11-13H2,1H3,(H,19,22). The zero-order valence-electron chi connectivity index (χ0n) is 12.6. The second-order valence-electron chi connectivity index (χ2n) is 5.34. The Morgan fingerprint density at radius 3 is 2.64 bits per heavy atom. The van der Waals surface area contributed by atoms with Crippen molar-refractivity contribution in [3.05, 3.63) is 65.9 Å². The molecule has 4 nitrogen and oxygen atoms in total. The molecule has 0 fully saturated rings. The molecular weight excluding hydrogens is 274 g/mol. The topological polar surface area (TPSA) is 46.9 Å². The summed E-state index contributed by atoms with van der Waals surface area (Å²) in [7, 11) is 0. The van der Waals surface area contributed by atoms with Crippen molar-refractivity contribution in [1.82, 2.24) is 15.1 Å². The Kier molecular flexibility index (Phi) is 4.19. The van der Waals surface area contributed by atoms with Gasteiger partial charge in [-0.2, -0.15) is 5.10 Å². The lowest BCUT2D eigenvalue weighted by molar-refractivity contribution is -0.121. The van der Waals surface area contributed by atoms with Crippen molar-refractivity contribution in [3.8, 4) is 0 Å². The molecule has 112 valence electrons. The van der Waals surface area contributed by atoms with E-state index in [2.05, 4.69) is 16.5 Å². The number of carbonyl (C=O) groups excluding carboxylic acids is 1. The highest BCUT2D eigenvalue weighted by Gasteiger charge is 2.08. The van der Waals surface area contributed by atoms with E-state index in [4.69, 9.17) is 0 Å². The summed E-state index contributed by atoms with van der Waals surface area (Å²) in [5, 5.41) is 8.61. The Labute approximate surface area is 129 Å². The molecule has 0 aliphatic carbocycles. The number of fused-ring (bicyclic) bond motifs is 1. The molecule has 0 radical (unpaired) electrons. The molecule has 3 rings (SSSR count). The minimum Gasteiger partial charge on any atom is -0.352 e. The van der Waals surface area contributed by atoms with Crippen LogP contribution < -0.4 is 5.32 Å². The third-order valence-electron chi connectivity index (χ3n) is 3.73. The van der Waals surface area contributed by atoms with Crippen molar-refractivity contribution >= 4 is 16.8 Å². The summed E-state index contributed by atoms with van der Waals surface area (Å²) in [6, 6.07) is 18.0. The Morgan fingerprint density at radius 2 is 1.82 bits per heavy atom. The number of carbonyl (C=O) groups is 1. The highest BCUT2D eigenvalue weighted by molar-refractivity contribution is 5.82. The van der Waals surface area contributed by atoms with Crippen LogP contribution in [0.1, 0.15) is 17.7 Å². The van der Waals surface area contributed by atoms with E-state index in [1.807, 2.05) is 60.1 Å². The summed E-state index contributed by atoms with van der Waals surface area (Å²) >= 11 is 0. The lowest BCUT2D eigenvalue weighted by atomic mass is 10.2. The van der Waals surface area contributed by atoms with Gasteiger partial charge in [-0.3, -0.25) is 9.48 Å². The van der Waals surface area contributed by atoms with Crippen LogP contribution in [-0.2, 0) is 17.9 Å². The summed E-state index contributed by atoms with van der Waals surface area (Å²) in [6.45, 7) is 3.15. The fraction of sp³-hybridized carbons (Fsp3) is 0.222. The van der Waals surface area contributed by atoms with Gasteiger partial charge in [-0.05, 0) is 18.6 Å². The Bertz CT molecular complexity index is 777. The van der Waals surface area contributed by atoms with Crippen LogP contribution in [-0.4, -0.2) is 15.7 Å². The Hall–Kier alpha value is -2.62. The van der Waals surface area contributed by atoms with Crippen molar-refractivity contribution in [2.45, 2.75) is 26.4 Å². The molecule has 0 spiro atoms. The molecule has 0 aliphatic heterocycles. The number of aryl methyl sites for hydroxylation is 2. The van der Waals surface area contributed by atoms with Crippen molar-refractivity contribution in [3.63, 3.8) is 0 Å². The largest absolute Gasteiger partial charge is 0.352 e. The first-order valence-electron chi connectivity index (χ1n) is 7.47. The van der Waals surface area contributed by atoms with E-state index >= 15 is 0 Å². The minimum atomic E-state index is 0.0427. The van der Waals surface area contributed by atoms with Crippen molar-refractivity contribution < 1.29 is 4.79 Å². The smallest absolute Gasteiger partial charge is 0.222 e. The van der Waals surface area contributed by atoms with E-state index < -0.39 is 0 Å². The molecule has 1 heterocycles. The van der Waals surface area contributed by atoms with Crippen LogP contribution in [0.25, 0.3) is 10.9 Å². The van der Waals surface area contributed by atoms with Crippen LogP contribution >= 0.6 is 0 Å². The molecule has 0 atom stereocenters. The number of rotatable bonds is 5. The summed E-state index contributed by atoms with van der Waals surface area (Å²) < 4.78 is 1.91. The van der Waals surface area contributed by atoms with Crippen LogP contribution in [0.5, 0.6) is 0 Å². The SMILES string of the molecule is Cc1nn(CCC(=O)NCc2ccccc2)c2ccccc12. The number of para-hydroxylation sites is 1. The first-order chi connectivity index (χ1) is 10.7. The second-order valence-corrected chi connectivity index (χ2v) is 5.34. The third kappa shape index (κ3) is 3.17. The molecule has 1 aromatic heterocycles. The van der Waals surface area contributed by atoms with E-state index in [0.717, 1.165) is 22.2 Å². The maximum Gasteiger partial charge on any atom is 0.222 e. The van der Waals surface area contributed by atoms with Crippen molar-refractivity contribution in [2.24, 2.45) is 0 Å². The first-order valence-corrected chi connectivity index (χ1v) is 7.47. The highest BCUT2D eigenvalue weighted by Crippen LogP contribution is 2.17. The number of nitrogens with zero attached hydrogens (tertiary/aromatic N) is 2. The van der Waals surface area contributed by atoms with Crippen LogP contribution in [0.2, 0.25) is 0 Å². The van der Waals surface area contributed by atoms with Gasteiger partial charge < -0.3 is 5.32 Å². The quantitative estimate of drug-likeness (QED) is 0.786. The number of amides is 1. The van der Waals surface area contributed by atoms with Gasteiger partial charge in [0.2, 0.25) is 5.91 Å². The Balaban J connectivity index is 1.58. The number of aromatic nitrogens is 2. The molecule has 22 heavy (non-hydrogen) atoms. The molecule has 0 saturated carbocycles. The molecule has 4 heteroatoms. The molecule has 3 aromatic rings. The van der Waals surface area contributed by atoms with Gasteiger partial charge in [0.05, 0.1) is 17.8 Å². The zero-order chi connectivity index (χ0) is 15.4. The Morgan fingerprint density at radius 1 is 1.09 bits per heavy atom. The fourth-order valence-corrected chi connectivity index (χ4v) is 2.56.